The van der Waals surface area contributed by atoms with Crippen LogP contribution in [-0.2, 0) is 22.6 Å². The Bertz CT molecular complexity index is 447. The first-order valence-corrected chi connectivity index (χ1v) is 8.36. The Kier molecular flexibility index (Phi) is 5.77. The number of nitrogens with zero attached hydrogens (tertiary/aromatic N) is 5. The van der Waals surface area contributed by atoms with Gasteiger partial charge in [-0.25, -0.2) is 9.67 Å². The number of aryl methyl sites for hydroxylation is 1. The van der Waals surface area contributed by atoms with Gasteiger partial charge in [0.15, 0.2) is 0 Å². The van der Waals surface area contributed by atoms with Crippen molar-refractivity contribution in [3.05, 3.63) is 12.2 Å². The average Bonchev–Trinajstić information content (AvgIpc) is 2.87. The lowest BCUT2D eigenvalue weighted by Gasteiger charge is -2.31. The largest absolute Gasteiger partial charge is 0.379 e. The SMILES string of the molecule is CCn1ncnc1CN1CCCO[C@H](CN2CCOCC2)C1. The molecule has 0 spiro atoms. The van der Waals surface area contributed by atoms with E-state index < -0.39 is 0 Å². The van der Waals surface area contributed by atoms with Crippen LogP contribution in [0.15, 0.2) is 6.33 Å². The van der Waals surface area contributed by atoms with E-state index >= 15 is 0 Å². The molecule has 3 rings (SSSR count). The van der Waals surface area contributed by atoms with Crippen LogP contribution in [0.1, 0.15) is 19.2 Å². The smallest absolute Gasteiger partial charge is 0.140 e. The molecule has 2 aliphatic rings. The highest BCUT2D eigenvalue weighted by atomic mass is 16.5. The topological polar surface area (TPSA) is 55.7 Å². The Morgan fingerprint density at radius 3 is 2.86 bits per heavy atom. The van der Waals surface area contributed by atoms with E-state index in [0.29, 0.717) is 0 Å². The van der Waals surface area contributed by atoms with Gasteiger partial charge < -0.3 is 9.47 Å². The van der Waals surface area contributed by atoms with Crippen LogP contribution in [0.5, 0.6) is 0 Å². The van der Waals surface area contributed by atoms with Gasteiger partial charge in [0.05, 0.1) is 25.9 Å². The molecule has 1 aromatic heterocycles. The maximum Gasteiger partial charge on any atom is 0.140 e. The van der Waals surface area contributed by atoms with E-state index in [1.807, 2.05) is 4.68 Å². The Morgan fingerprint density at radius 1 is 1.18 bits per heavy atom. The van der Waals surface area contributed by atoms with Crippen LogP contribution in [0.4, 0.5) is 0 Å². The molecule has 0 aromatic carbocycles. The van der Waals surface area contributed by atoms with Gasteiger partial charge in [0, 0.05) is 45.9 Å². The van der Waals surface area contributed by atoms with Gasteiger partial charge in [-0.3, -0.25) is 9.80 Å². The van der Waals surface area contributed by atoms with Gasteiger partial charge in [-0.2, -0.15) is 5.10 Å². The molecule has 1 aromatic rings. The zero-order chi connectivity index (χ0) is 15.2. The summed E-state index contributed by atoms with van der Waals surface area (Å²) in [6.07, 6.45) is 3.01. The molecule has 2 aliphatic heterocycles. The fourth-order valence-corrected chi connectivity index (χ4v) is 3.17. The zero-order valence-electron chi connectivity index (χ0n) is 13.5. The van der Waals surface area contributed by atoms with Gasteiger partial charge >= 0.3 is 0 Å². The molecule has 1 atom stereocenters. The van der Waals surface area contributed by atoms with Crippen LogP contribution < -0.4 is 0 Å². The fourth-order valence-electron chi connectivity index (χ4n) is 3.17. The van der Waals surface area contributed by atoms with Crippen molar-refractivity contribution in [3.63, 3.8) is 0 Å². The van der Waals surface area contributed by atoms with Crippen LogP contribution in [-0.4, -0.2) is 83.2 Å². The summed E-state index contributed by atoms with van der Waals surface area (Å²) in [5.41, 5.74) is 0. The standard InChI is InChI=1S/C15H27N5O2/c1-2-20-15(16-13-17-20)12-19-4-3-7-22-14(11-19)10-18-5-8-21-9-6-18/h13-14H,2-12H2,1H3/t14-/m1/s1. The van der Waals surface area contributed by atoms with Crippen molar-refractivity contribution in [3.8, 4) is 0 Å². The van der Waals surface area contributed by atoms with Crippen LogP contribution in [0, 0.1) is 0 Å². The molecule has 124 valence electrons. The van der Waals surface area contributed by atoms with Gasteiger partial charge in [-0.05, 0) is 13.3 Å². The molecule has 0 unspecified atom stereocenters. The highest BCUT2D eigenvalue weighted by Gasteiger charge is 2.23. The van der Waals surface area contributed by atoms with Crippen molar-refractivity contribution in [2.45, 2.75) is 32.5 Å². The fraction of sp³-hybridized carbons (Fsp3) is 0.867. The Labute approximate surface area is 132 Å². The maximum atomic E-state index is 6.04. The van der Waals surface area contributed by atoms with Crippen molar-refractivity contribution in [2.24, 2.45) is 0 Å². The summed E-state index contributed by atoms with van der Waals surface area (Å²) in [7, 11) is 0. The third-order valence-corrected chi connectivity index (χ3v) is 4.36. The molecule has 7 heteroatoms. The van der Waals surface area contributed by atoms with Crippen LogP contribution in [0.25, 0.3) is 0 Å². The molecule has 3 heterocycles. The number of rotatable bonds is 5. The average molecular weight is 309 g/mol. The van der Waals surface area contributed by atoms with Crippen LogP contribution in [0.2, 0.25) is 0 Å². The van der Waals surface area contributed by atoms with Gasteiger partial charge in [-0.1, -0.05) is 0 Å². The third-order valence-electron chi connectivity index (χ3n) is 4.36. The predicted octanol–water partition coefficient (Wildman–Crippen LogP) is 0.221. The van der Waals surface area contributed by atoms with Gasteiger partial charge in [0.2, 0.25) is 0 Å². The number of ether oxygens (including phenoxy) is 2. The molecule has 2 saturated heterocycles. The third kappa shape index (κ3) is 4.25. The normalized spacial score (nSPS) is 25.2. The molecule has 0 amide bonds. The molecule has 2 fully saturated rings. The second kappa shape index (κ2) is 8.01. The van der Waals surface area contributed by atoms with E-state index in [4.69, 9.17) is 9.47 Å². The summed E-state index contributed by atoms with van der Waals surface area (Å²) in [5, 5.41) is 4.26. The highest BCUT2D eigenvalue weighted by Crippen LogP contribution is 2.11. The van der Waals surface area contributed by atoms with Crippen molar-refractivity contribution in [1.82, 2.24) is 24.6 Å². The number of hydrogen-bond donors (Lipinski definition) is 0. The predicted molar refractivity (Wildman–Crippen MR) is 82.6 cm³/mol. The number of hydrogen-bond acceptors (Lipinski definition) is 6. The molecule has 22 heavy (non-hydrogen) atoms. The maximum absolute atomic E-state index is 6.04. The van der Waals surface area contributed by atoms with Crippen LogP contribution in [0.3, 0.4) is 0 Å². The van der Waals surface area contributed by atoms with Crippen molar-refractivity contribution >= 4 is 0 Å². The molecule has 0 N–H and O–H groups in total. The number of morpholine rings is 1. The van der Waals surface area contributed by atoms with Gasteiger partial charge in [0.25, 0.3) is 0 Å². The summed E-state index contributed by atoms with van der Waals surface area (Å²) >= 11 is 0. The lowest BCUT2D eigenvalue weighted by Crippen LogP contribution is -2.44. The molecule has 0 radical (unpaired) electrons. The molecular weight excluding hydrogens is 282 g/mol. The summed E-state index contributed by atoms with van der Waals surface area (Å²) in [6.45, 7) is 11.4. The Balaban J connectivity index is 1.55. The monoisotopic (exact) mass is 309 g/mol. The van der Waals surface area contributed by atoms with Gasteiger partial charge in [0.1, 0.15) is 12.2 Å². The minimum atomic E-state index is 0.276. The van der Waals surface area contributed by atoms with Crippen molar-refractivity contribution < 1.29 is 9.47 Å². The summed E-state index contributed by atoms with van der Waals surface area (Å²) < 4.78 is 13.4. The lowest BCUT2D eigenvalue weighted by molar-refractivity contribution is -0.0124. The lowest BCUT2D eigenvalue weighted by atomic mass is 10.2. The first kappa shape index (κ1) is 15.9. The summed E-state index contributed by atoms with van der Waals surface area (Å²) in [4.78, 5) is 9.30. The van der Waals surface area contributed by atoms with Crippen molar-refractivity contribution in [1.29, 1.82) is 0 Å². The number of aromatic nitrogens is 3. The summed E-state index contributed by atoms with van der Waals surface area (Å²) in [5.74, 6) is 1.05. The van der Waals surface area contributed by atoms with E-state index in [1.165, 1.54) is 0 Å². The van der Waals surface area contributed by atoms with Crippen molar-refractivity contribution in [2.75, 3.05) is 52.5 Å². The van der Waals surface area contributed by atoms with E-state index in [2.05, 4.69) is 26.8 Å². The second-order valence-electron chi connectivity index (χ2n) is 5.99. The van der Waals surface area contributed by atoms with E-state index in [-0.39, 0.29) is 6.10 Å². The summed E-state index contributed by atoms with van der Waals surface area (Å²) in [6, 6.07) is 0. The van der Waals surface area contributed by atoms with E-state index in [1.54, 1.807) is 6.33 Å². The van der Waals surface area contributed by atoms with Crippen LogP contribution >= 0.6 is 0 Å². The molecule has 0 bridgehead atoms. The minimum absolute atomic E-state index is 0.276. The van der Waals surface area contributed by atoms with E-state index in [9.17, 15) is 0 Å². The minimum Gasteiger partial charge on any atom is -0.379 e. The highest BCUT2D eigenvalue weighted by molar-refractivity contribution is 4.86. The molecule has 0 aliphatic carbocycles. The Hall–Kier alpha value is -1.02. The molecule has 0 saturated carbocycles. The second-order valence-corrected chi connectivity index (χ2v) is 5.99. The molecule has 7 nitrogen and oxygen atoms in total. The zero-order valence-corrected chi connectivity index (χ0v) is 13.5. The molecular formula is C15H27N5O2. The first-order chi connectivity index (χ1) is 10.8. The van der Waals surface area contributed by atoms with E-state index in [0.717, 1.165) is 77.9 Å². The first-order valence-electron chi connectivity index (χ1n) is 8.36. The Morgan fingerprint density at radius 2 is 2.05 bits per heavy atom. The quantitative estimate of drug-likeness (QED) is 0.776. The van der Waals surface area contributed by atoms with Gasteiger partial charge in [-0.15, -0.1) is 0 Å².